The predicted molar refractivity (Wildman–Crippen MR) is 97.8 cm³/mol. The van der Waals surface area contributed by atoms with E-state index < -0.39 is 16.8 Å². The molecule has 0 fully saturated rings. The zero-order chi connectivity index (χ0) is 19.4. The van der Waals surface area contributed by atoms with E-state index >= 15 is 0 Å². The second-order valence-corrected chi connectivity index (χ2v) is 7.09. The summed E-state index contributed by atoms with van der Waals surface area (Å²) in [5, 5.41) is 13.8. The molecule has 0 aliphatic rings. The molecule has 0 radical (unpaired) electrons. The van der Waals surface area contributed by atoms with Crippen LogP contribution in [0, 0.1) is 29.9 Å². The summed E-state index contributed by atoms with van der Waals surface area (Å²) >= 11 is 1.01. The van der Waals surface area contributed by atoms with Gasteiger partial charge in [0, 0.05) is 17.2 Å². The number of nitrogens with one attached hydrogen (secondary N) is 1. The molecule has 2 rings (SSSR count). The fourth-order valence-corrected chi connectivity index (χ4v) is 3.03. The van der Waals surface area contributed by atoms with Gasteiger partial charge in [0.15, 0.2) is 5.13 Å². The molecule has 0 saturated carbocycles. The Morgan fingerprint density at radius 1 is 1.35 bits per heavy atom. The summed E-state index contributed by atoms with van der Waals surface area (Å²) in [6.45, 7) is 7.32. The first-order chi connectivity index (χ1) is 12.2. The second-order valence-electron chi connectivity index (χ2n) is 6.09. The van der Waals surface area contributed by atoms with Crippen molar-refractivity contribution in [3.8, 4) is 0 Å². The van der Waals surface area contributed by atoms with E-state index in [9.17, 15) is 19.7 Å². The highest BCUT2D eigenvalue weighted by Crippen LogP contribution is 2.26. The van der Waals surface area contributed by atoms with Crippen molar-refractivity contribution in [2.75, 3.05) is 11.9 Å². The molecule has 9 heteroatoms. The summed E-state index contributed by atoms with van der Waals surface area (Å²) in [7, 11) is 0. The van der Waals surface area contributed by atoms with Crippen LogP contribution < -0.4 is 5.32 Å². The number of nitro groups is 1. The van der Waals surface area contributed by atoms with Crippen molar-refractivity contribution < 1.29 is 19.2 Å². The van der Waals surface area contributed by atoms with Crippen LogP contribution in [-0.2, 0) is 4.74 Å². The largest absolute Gasteiger partial charge is 0.461 e. The van der Waals surface area contributed by atoms with Gasteiger partial charge in [-0.25, -0.2) is 9.78 Å². The highest BCUT2D eigenvalue weighted by atomic mass is 32.1. The van der Waals surface area contributed by atoms with E-state index in [1.807, 2.05) is 13.8 Å². The smallest absolute Gasteiger partial charge is 0.350 e. The first kappa shape index (κ1) is 19.5. The Morgan fingerprint density at radius 3 is 2.65 bits per heavy atom. The molecule has 0 atom stereocenters. The van der Waals surface area contributed by atoms with Crippen molar-refractivity contribution in [2.24, 2.45) is 5.92 Å². The number of aryl methyl sites for hydroxylation is 1. The maximum atomic E-state index is 12.4. The van der Waals surface area contributed by atoms with Crippen LogP contribution in [0.25, 0.3) is 0 Å². The molecule has 0 spiro atoms. The molecule has 8 nitrogen and oxygen atoms in total. The highest BCUT2D eigenvalue weighted by molar-refractivity contribution is 7.17. The minimum atomic E-state index is -0.539. The molecule has 26 heavy (non-hydrogen) atoms. The Labute approximate surface area is 154 Å². The Hall–Kier alpha value is -2.81. The van der Waals surface area contributed by atoms with Gasteiger partial charge < -0.3 is 4.74 Å². The lowest BCUT2D eigenvalue weighted by atomic mass is 10.1. The molecule has 0 unspecified atom stereocenters. The molecule has 1 aromatic heterocycles. The van der Waals surface area contributed by atoms with Gasteiger partial charge in [0.05, 0.1) is 17.2 Å². The topological polar surface area (TPSA) is 111 Å². The number of rotatable bonds is 6. The van der Waals surface area contributed by atoms with Crippen LogP contribution in [-0.4, -0.2) is 28.4 Å². The number of thiazole rings is 1. The summed E-state index contributed by atoms with van der Waals surface area (Å²) in [6.07, 6.45) is 0. The summed E-state index contributed by atoms with van der Waals surface area (Å²) in [5.41, 5.74) is 0.761. The van der Waals surface area contributed by atoms with Crippen LogP contribution >= 0.6 is 11.3 Å². The van der Waals surface area contributed by atoms with E-state index in [-0.39, 0.29) is 27.9 Å². The van der Waals surface area contributed by atoms with Gasteiger partial charge in [0.2, 0.25) is 0 Å². The molecule has 1 N–H and O–H groups in total. The number of carbonyl (C=O) groups excluding carboxylic acids is 2. The first-order valence-electron chi connectivity index (χ1n) is 7.90. The third-order valence-electron chi connectivity index (χ3n) is 3.50. The maximum absolute atomic E-state index is 12.4. The average molecular weight is 377 g/mol. The number of ether oxygens (including phenoxy) is 1. The first-order valence-corrected chi connectivity index (χ1v) is 8.72. The van der Waals surface area contributed by atoms with E-state index in [1.165, 1.54) is 25.1 Å². The molecule has 1 aromatic carbocycles. The van der Waals surface area contributed by atoms with Gasteiger partial charge in [-0.1, -0.05) is 31.3 Å². The van der Waals surface area contributed by atoms with Gasteiger partial charge in [-0.05, 0) is 25.8 Å². The molecular weight excluding hydrogens is 358 g/mol. The molecule has 0 aliphatic heterocycles. The number of hydrogen-bond acceptors (Lipinski definition) is 7. The van der Waals surface area contributed by atoms with E-state index in [2.05, 4.69) is 10.3 Å². The van der Waals surface area contributed by atoms with E-state index in [0.717, 1.165) is 11.3 Å². The Morgan fingerprint density at radius 2 is 2.04 bits per heavy atom. The third-order valence-corrected chi connectivity index (χ3v) is 4.55. The number of hydrogen-bond donors (Lipinski definition) is 1. The molecular formula is C17H19N3O5S. The summed E-state index contributed by atoms with van der Waals surface area (Å²) in [5.74, 6) is -0.800. The summed E-state index contributed by atoms with van der Waals surface area (Å²) in [4.78, 5) is 39.4. The third kappa shape index (κ3) is 4.42. The number of benzene rings is 1. The number of amides is 1. The molecule has 2 aromatic rings. The van der Waals surface area contributed by atoms with Gasteiger partial charge in [-0.2, -0.15) is 0 Å². The van der Waals surface area contributed by atoms with Crippen LogP contribution in [0.1, 0.15) is 45.1 Å². The highest BCUT2D eigenvalue weighted by Gasteiger charge is 2.21. The number of anilines is 1. The van der Waals surface area contributed by atoms with Crippen molar-refractivity contribution in [2.45, 2.75) is 27.7 Å². The maximum Gasteiger partial charge on any atom is 0.350 e. The predicted octanol–water partition coefficient (Wildman–Crippen LogP) is 3.73. The molecule has 0 saturated heterocycles. The lowest BCUT2D eigenvalue weighted by Crippen LogP contribution is -2.14. The lowest BCUT2D eigenvalue weighted by Gasteiger charge is -2.06. The zero-order valence-electron chi connectivity index (χ0n) is 14.9. The second kappa shape index (κ2) is 8.05. The van der Waals surface area contributed by atoms with Gasteiger partial charge in [0.1, 0.15) is 4.88 Å². The van der Waals surface area contributed by atoms with Gasteiger partial charge in [-0.15, -0.1) is 0 Å². The fourth-order valence-electron chi connectivity index (χ4n) is 2.18. The van der Waals surface area contributed by atoms with Crippen molar-refractivity contribution in [1.82, 2.24) is 4.98 Å². The number of carbonyl (C=O) groups is 2. The van der Waals surface area contributed by atoms with E-state index in [0.29, 0.717) is 17.2 Å². The summed E-state index contributed by atoms with van der Waals surface area (Å²) in [6, 6.07) is 4.28. The van der Waals surface area contributed by atoms with Crippen molar-refractivity contribution in [3.63, 3.8) is 0 Å². The molecule has 0 aliphatic carbocycles. The van der Waals surface area contributed by atoms with Gasteiger partial charge in [0.25, 0.3) is 11.6 Å². The quantitative estimate of drug-likeness (QED) is 0.466. The van der Waals surface area contributed by atoms with Crippen LogP contribution in [0.2, 0.25) is 0 Å². The number of esters is 1. The standard InChI is InChI=1S/C17H19N3O5S/c1-9(2)8-25-16(22)14-11(4)18-17(26-14)19-15(21)12-6-5-7-13(10(12)3)20(23)24/h5-7,9H,8H2,1-4H3,(H,18,19,21). The minimum absolute atomic E-state index is 0.133. The molecule has 0 bridgehead atoms. The van der Waals surface area contributed by atoms with E-state index in [1.54, 1.807) is 6.92 Å². The van der Waals surface area contributed by atoms with Crippen LogP contribution in [0.4, 0.5) is 10.8 Å². The Kier molecular flexibility index (Phi) is 6.04. The van der Waals surface area contributed by atoms with Crippen LogP contribution in [0.5, 0.6) is 0 Å². The van der Waals surface area contributed by atoms with Crippen molar-refractivity contribution >= 4 is 34.0 Å². The monoisotopic (exact) mass is 377 g/mol. The van der Waals surface area contributed by atoms with Crippen LogP contribution in [0.15, 0.2) is 18.2 Å². The van der Waals surface area contributed by atoms with Crippen molar-refractivity contribution in [1.29, 1.82) is 0 Å². The molecule has 1 amide bonds. The fraction of sp³-hybridized carbons (Fsp3) is 0.353. The van der Waals surface area contributed by atoms with E-state index in [4.69, 9.17) is 4.74 Å². The molecule has 1 heterocycles. The summed E-state index contributed by atoms with van der Waals surface area (Å²) < 4.78 is 5.18. The van der Waals surface area contributed by atoms with Crippen LogP contribution in [0.3, 0.4) is 0 Å². The molecule has 138 valence electrons. The normalized spacial score (nSPS) is 10.7. The number of nitrogens with zero attached hydrogens (tertiary/aromatic N) is 2. The minimum Gasteiger partial charge on any atom is -0.461 e. The van der Waals surface area contributed by atoms with Gasteiger partial charge in [-0.3, -0.25) is 20.2 Å². The number of aromatic nitrogens is 1. The zero-order valence-corrected chi connectivity index (χ0v) is 15.7. The Bertz CT molecular complexity index is 860. The number of nitro benzene ring substituents is 1. The van der Waals surface area contributed by atoms with Gasteiger partial charge >= 0.3 is 5.97 Å². The van der Waals surface area contributed by atoms with Crippen molar-refractivity contribution in [3.05, 3.63) is 50.0 Å². The Balaban J connectivity index is 2.18. The average Bonchev–Trinajstić information content (AvgIpc) is 2.92. The lowest BCUT2D eigenvalue weighted by molar-refractivity contribution is -0.385. The SMILES string of the molecule is Cc1nc(NC(=O)c2cccc([N+](=O)[O-])c2C)sc1C(=O)OCC(C)C.